The molecular formula is C9H9NO4S. The molecule has 0 spiro atoms. The van der Waals surface area contributed by atoms with E-state index in [1.54, 1.807) is 6.07 Å². The standard InChI is InChI=1S/C9H9NO4S/c1-15-7-3-2-6(5-10(13)14)8(4-7)9(11)12/h2-4H,5H2,1H3,(H,11,12). The van der Waals surface area contributed by atoms with E-state index in [4.69, 9.17) is 5.11 Å². The van der Waals surface area contributed by atoms with Gasteiger partial charge in [0.05, 0.1) is 5.56 Å². The number of carboxylic acid groups (broad SMARTS) is 1. The van der Waals surface area contributed by atoms with Gasteiger partial charge >= 0.3 is 5.97 Å². The molecule has 0 heterocycles. The molecule has 1 rings (SSSR count). The minimum Gasteiger partial charge on any atom is -0.478 e. The summed E-state index contributed by atoms with van der Waals surface area (Å²) in [6, 6.07) is 4.61. The average molecular weight is 227 g/mol. The first-order valence-electron chi connectivity index (χ1n) is 4.06. The summed E-state index contributed by atoms with van der Waals surface area (Å²) in [6.07, 6.45) is 1.81. The third kappa shape index (κ3) is 2.95. The van der Waals surface area contributed by atoms with Gasteiger partial charge in [-0.3, -0.25) is 10.1 Å². The highest BCUT2D eigenvalue weighted by Gasteiger charge is 2.14. The van der Waals surface area contributed by atoms with Crippen molar-refractivity contribution in [2.24, 2.45) is 0 Å². The van der Waals surface area contributed by atoms with E-state index in [1.165, 1.54) is 23.9 Å². The number of benzene rings is 1. The molecule has 5 nitrogen and oxygen atoms in total. The van der Waals surface area contributed by atoms with Crippen LogP contribution in [0.15, 0.2) is 23.1 Å². The summed E-state index contributed by atoms with van der Waals surface area (Å²) in [6.45, 7) is -0.462. The summed E-state index contributed by atoms with van der Waals surface area (Å²) in [7, 11) is 0. The number of thioether (sulfide) groups is 1. The van der Waals surface area contributed by atoms with E-state index in [1.807, 2.05) is 6.26 Å². The number of hydrogen-bond acceptors (Lipinski definition) is 4. The largest absolute Gasteiger partial charge is 0.478 e. The molecule has 15 heavy (non-hydrogen) atoms. The quantitative estimate of drug-likeness (QED) is 0.482. The summed E-state index contributed by atoms with van der Waals surface area (Å²) in [4.78, 5) is 21.4. The summed E-state index contributed by atoms with van der Waals surface area (Å²) in [5.41, 5.74) is 0.226. The molecule has 1 aromatic carbocycles. The fraction of sp³-hybridized carbons (Fsp3) is 0.222. The number of aromatic carboxylic acids is 1. The molecule has 0 aliphatic rings. The Labute approximate surface area is 90.3 Å². The van der Waals surface area contributed by atoms with E-state index in [9.17, 15) is 14.9 Å². The highest BCUT2D eigenvalue weighted by Crippen LogP contribution is 2.20. The van der Waals surface area contributed by atoms with Crippen molar-refractivity contribution >= 4 is 17.7 Å². The number of nitrogens with zero attached hydrogens (tertiary/aromatic N) is 1. The van der Waals surface area contributed by atoms with Gasteiger partial charge in [0.25, 0.3) is 0 Å². The zero-order chi connectivity index (χ0) is 11.4. The molecular weight excluding hydrogens is 218 g/mol. The summed E-state index contributed by atoms with van der Waals surface area (Å²) < 4.78 is 0. The SMILES string of the molecule is CSc1ccc(C[N+](=O)[O-])c(C(=O)O)c1. The first kappa shape index (κ1) is 11.5. The van der Waals surface area contributed by atoms with Crippen LogP contribution in [-0.2, 0) is 6.54 Å². The van der Waals surface area contributed by atoms with Crippen molar-refractivity contribution < 1.29 is 14.8 Å². The highest BCUT2D eigenvalue weighted by molar-refractivity contribution is 7.98. The topological polar surface area (TPSA) is 80.4 Å². The highest BCUT2D eigenvalue weighted by atomic mass is 32.2. The molecule has 0 atom stereocenters. The molecule has 0 saturated heterocycles. The van der Waals surface area contributed by atoms with Gasteiger partial charge in [0.2, 0.25) is 6.54 Å². The number of hydrogen-bond donors (Lipinski definition) is 1. The number of nitro groups is 1. The lowest BCUT2D eigenvalue weighted by Crippen LogP contribution is -2.07. The van der Waals surface area contributed by atoms with E-state index in [2.05, 4.69) is 0 Å². The van der Waals surface area contributed by atoms with Crippen molar-refractivity contribution in [3.8, 4) is 0 Å². The molecule has 0 aliphatic heterocycles. The van der Waals surface area contributed by atoms with Crippen LogP contribution in [0.1, 0.15) is 15.9 Å². The molecule has 0 aromatic heterocycles. The van der Waals surface area contributed by atoms with Gasteiger partial charge in [0.15, 0.2) is 0 Å². The van der Waals surface area contributed by atoms with Gasteiger partial charge in [-0.15, -0.1) is 11.8 Å². The Balaban J connectivity index is 3.15. The lowest BCUT2D eigenvalue weighted by atomic mass is 10.1. The Hall–Kier alpha value is -1.56. The Morgan fingerprint density at radius 3 is 2.73 bits per heavy atom. The monoisotopic (exact) mass is 227 g/mol. The Morgan fingerprint density at radius 2 is 2.27 bits per heavy atom. The smallest absolute Gasteiger partial charge is 0.336 e. The molecule has 0 radical (unpaired) electrons. The van der Waals surface area contributed by atoms with Crippen LogP contribution in [0.5, 0.6) is 0 Å². The number of carboxylic acids is 1. The van der Waals surface area contributed by atoms with Crippen molar-refractivity contribution in [3.05, 3.63) is 39.4 Å². The van der Waals surface area contributed by atoms with Crippen molar-refractivity contribution in [2.45, 2.75) is 11.4 Å². The summed E-state index contributed by atoms with van der Waals surface area (Å²) in [5, 5.41) is 19.2. The summed E-state index contributed by atoms with van der Waals surface area (Å²) >= 11 is 1.39. The predicted octanol–water partition coefficient (Wildman–Crippen LogP) is 1.88. The van der Waals surface area contributed by atoms with E-state index >= 15 is 0 Å². The lowest BCUT2D eigenvalue weighted by molar-refractivity contribution is -0.496. The molecule has 1 aromatic rings. The minimum atomic E-state index is -1.14. The van der Waals surface area contributed by atoms with E-state index in [0.717, 1.165) is 4.90 Å². The maximum atomic E-state index is 10.8. The van der Waals surface area contributed by atoms with Crippen molar-refractivity contribution in [1.29, 1.82) is 0 Å². The maximum Gasteiger partial charge on any atom is 0.336 e. The van der Waals surface area contributed by atoms with Crippen LogP contribution in [0.4, 0.5) is 0 Å². The molecule has 0 bridgehead atoms. The first-order chi connectivity index (χ1) is 7.04. The van der Waals surface area contributed by atoms with Crippen LogP contribution in [-0.4, -0.2) is 22.3 Å². The Kier molecular flexibility index (Phi) is 3.68. The van der Waals surface area contributed by atoms with Crippen molar-refractivity contribution in [1.82, 2.24) is 0 Å². The zero-order valence-corrected chi connectivity index (χ0v) is 8.78. The van der Waals surface area contributed by atoms with Crippen LogP contribution in [0.25, 0.3) is 0 Å². The lowest BCUT2D eigenvalue weighted by Gasteiger charge is -2.03. The summed E-state index contributed by atoms with van der Waals surface area (Å²) in [5.74, 6) is -1.14. The third-order valence-electron chi connectivity index (χ3n) is 1.85. The van der Waals surface area contributed by atoms with Crippen LogP contribution < -0.4 is 0 Å². The molecule has 80 valence electrons. The van der Waals surface area contributed by atoms with Crippen LogP contribution in [0.2, 0.25) is 0 Å². The van der Waals surface area contributed by atoms with E-state index in [0.29, 0.717) is 0 Å². The molecule has 0 aliphatic carbocycles. The molecule has 6 heteroatoms. The number of carbonyl (C=O) groups is 1. The normalized spacial score (nSPS) is 9.93. The molecule has 0 amide bonds. The van der Waals surface area contributed by atoms with Gasteiger partial charge in [-0.1, -0.05) is 6.07 Å². The first-order valence-corrected chi connectivity index (χ1v) is 5.29. The average Bonchev–Trinajstić information content (AvgIpc) is 2.17. The Bertz CT molecular complexity index is 405. The molecule has 0 saturated carbocycles. The van der Waals surface area contributed by atoms with E-state index in [-0.39, 0.29) is 11.1 Å². The van der Waals surface area contributed by atoms with Gasteiger partial charge < -0.3 is 5.11 Å². The third-order valence-corrected chi connectivity index (χ3v) is 2.57. The fourth-order valence-electron chi connectivity index (χ4n) is 1.16. The van der Waals surface area contributed by atoms with Gasteiger partial charge in [0.1, 0.15) is 0 Å². The van der Waals surface area contributed by atoms with Crippen molar-refractivity contribution in [3.63, 3.8) is 0 Å². The number of rotatable bonds is 4. The van der Waals surface area contributed by atoms with Crippen LogP contribution >= 0.6 is 11.8 Å². The second-order valence-electron chi connectivity index (χ2n) is 2.82. The van der Waals surface area contributed by atoms with Gasteiger partial charge in [-0.05, 0) is 18.4 Å². The van der Waals surface area contributed by atoms with Crippen LogP contribution in [0.3, 0.4) is 0 Å². The second-order valence-corrected chi connectivity index (χ2v) is 3.70. The Morgan fingerprint density at radius 1 is 1.60 bits per heavy atom. The second kappa shape index (κ2) is 4.79. The van der Waals surface area contributed by atoms with Gasteiger partial charge in [0, 0.05) is 15.4 Å². The van der Waals surface area contributed by atoms with Gasteiger partial charge in [-0.2, -0.15) is 0 Å². The molecule has 1 N–H and O–H groups in total. The van der Waals surface area contributed by atoms with Gasteiger partial charge in [-0.25, -0.2) is 4.79 Å². The molecule has 0 unspecified atom stereocenters. The van der Waals surface area contributed by atoms with Crippen molar-refractivity contribution in [2.75, 3.05) is 6.26 Å². The zero-order valence-electron chi connectivity index (χ0n) is 7.97. The maximum absolute atomic E-state index is 10.8. The van der Waals surface area contributed by atoms with Crippen LogP contribution in [0, 0.1) is 10.1 Å². The minimum absolute atomic E-state index is 0.00134. The molecule has 0 fully saturated rings. The predicted molar refractivity (Wildman–Crippen MR) is 55.9 cm³/mol. The van der Waals surface area contributed by atoms with E-state index < -0.39 is 17.4 Å². The fourth-order valence-corrected chi connectivity index (χ4v) is 1.60.